The topological polar surface area (TPSA) is 49.0 Å². The molecule has 1 unspecified atom stereocenters. The first-order valence-corrected chi connectivity index (χ1v) is 7.01. The Morgan fingerprint density at radius 2 is 2.39 bits per heavy atom. The zero-order chi connectivity index (χ0) is 12.7. The van der Waals surface area contributed by atoms with E-state index in [0.717, 1.165) is 21.2 Å². The van der Waals surface area contributed by atoms with Crippen molar-refractivity contribution in [3.05, 3.63) is 22.8 Å². The number of hydrogen-bond acceptors (Lipinski definition) is 2. The summed E-state index contributed by atoms with van der Waals surface area (Å²) in [5.74, 6) is 0.919. The Hall–Kier alpha value is -1.07. The van der Waals surface area contributed by atoms with Gasteiger partial charge in [-0.05, 0) is 40.0 Å². The van der Waals surface area contributed by atoms with E-state index in [1.807, 2.05) is 18.2 Å². The molecule has 0 saturated carbocycles. The van der Waals surface area contributed by atoms with Gasteiger partial charge in [-0.2, -0.15) is 5.10 Å². The second-order valence-electron chi connectivity index (χ2n) is 4.47. The predicted molar refractivity (Wildman–Crippen MR) is 75.0 cm³/mol. The first-order valence-electron chi connectivity index (χ1n) is 5.69. The van der Waals surface area contributed by atoms with Crippen LogP contribution in [0.1, 0.15) is 6.42 Å². The highest BCUT2D eigenvalue weighted by Gasteiger charge is 2.30. The molecule has 1 fully saturated rings. The van der Waals surface area contributed by atoms with Crippen LogP contribution in [0.25, 0.3) is 10.9 Å². The van der Waals surface area contributed by atoms with E-state index in [4.69, 9.17) is 11.6 Å². The predicted octanol–water partition coefficient (Wildman–Crippen LogP) is 2.92. The SMILES string of the molecule is O=C1CC(CCl)CN1c1ccc2n[nH]c(Br)c2c1. The van der Waals surface area contributed by atoms with Gasteiger partial charge in [-0.25, -0.2) is 0 Å². The molecule has 1 aliphatic heterocycles. The zero-order valence-electron chi connectivity index (χ0n) is 9.49. The zero-order valence-corrected chi connectivity index (χ0v) is 11.8. The third kappa shape index (κ3) is 1.91. The first-order chi connectivity index (χ1) is 8.69. The number of aromatic amines is 1. The fraction of sp³-hybridized carbons (Fsp3) is 0.333. The first kappa shape index (κ1) is 12.0. The van der Waals surface area contributed by atoms with Crippen molar-refractivity contribution in [2.45, 2.75) is 6.42 Å². The average molecular weight is 329 g/mol. The van der Waals surface area contributed by atoms with Gasteiger partial charge in [0.2, 0.25) is 5.91 Å². The lowest BCUT2D eigenvalue weighted by Gasteiger charge is -2.16. The molecule has 1 aliphatic rings. The Morgan fingerprint density at radius 3 is 3.11 bits per heavy atom. The summed E-state index contributed by atoms with van der Waals surface area (Å²) in [6, 6.07) is 5.80. The van der Waals surface area contributed by atoms with Gasteiger partial charge >= 0.3 is 0 Å². The van der Waals surface area contributed by atoms with E-state index in [9.17, 15) is 4.79 Å². The van der Waals surface area contributed by atoms with Gasteiger partial charge in [-0.15, -0.1) is 11.6 Å². The van der Waals surface area contributed by atoms with Gasteiger partial charge in [0.05, 0.1) is 5.52 Å². The number of anilines is 1. The lowest BCUT2D eigenvalue weighted by atomic mass is 10.1. The minimum Gasteiger partial charge on any atom is -0.312 e. The largest absolute Gasteiger partial charge is 0.312 e. The molecule has 1 atom stereocenters. The number of carbonyl (C=O) groups excluding carboxylic acids is 1. The maximum absolute atomic E-state index is 11.9. The maximum atomic E-state index is 11.9. The molecule has 3 rings (SSSR count). The van der Waals surface area contributed by atoms with Crippen molar-refractivity contribution in [1.29, 1.82) is 0 Å². The van der Waals surface area contributed by atoms with Gasteiger partial charge in [-0.3, -0.25) is 9.89 Å². The van der Waals surface area contributed by atoms with Crippen molar-refractivity contribution in [2.24, 2.45) is 5.92 Å². The van der Waals surface area contributed by atoms with Crippen LogP contribution in [-0.4, -0.2) is 28.5 Å². The third-order valence-electron chi connectivity index (χ3n) is 3.23. The number of fused-ring (bicyclic) bond motifs is 1. The van der Waals surface area contributed by atoms with Gasteiger partial charge in [0.1, 0.15) is 4.60 Å². The monoisotopic (exact) mass is 327 g/mol. The number of carbonyl (C=O) groups is 1. The van der Waals surface area contributed by atoms with E-state index >= 15 is 0 Å². The molecule has 94 valence electrons. The molecule has 4 nitrogen and oxygen atoms in total. The van der Waals surface area contributed by atoms with E-state index in [1.54, 1.807) is 4.90 Å². The highest BCUT2D eigenvalue weighted by molar-refractivity contribution is 9.10. The lowest BCUT2D eigenvalue weighted by Crippen LogP contribution is -2.24. The van der Waals surface area contributed by atoms with E-state index in [-0.39, 0.29) is 11.8 Å². The van der Waals surface area contributed by atoms with Crippen LogP contribution >= 0.6 is 27.5 Å². The second-order valence-corrected chi connectivity index (χ2v) is 5.57. The number of amides is 1. The standard InChI is InChI=1S/C12H11BrClN3O/c13-12-9-4-8(1-2-10(9)15-16-12)17-6-7(5-14)3-11(17)18/h1-2,4,7H,3,5-6H2,(H,15,16). The van der Waals surface area contributed by atoms with E-state index in [0.29, 0.717) is 18.8 Å². The molecule has 1 aromatic heterocycles. The van der Waals surface area contributed by atoms with Crippen molar-refractivity contribution >= 4 is 50.0 Å². The number of halogens is 2. The van der Waals surface area contributed by atoms with Crippen molar-refractivity contribution in [1.82, 2.24) is 10.2 Å². The lowest BCUT2D eigenvalue weighted by molar-refractivity contribution is -0.117. The molecule has 18 heavy (non-hydrogen) atoms. The molecular weight excluding hydrogens is 318 g/mol. The molecule has 1 amide bonds. The molecule has 1 N–H and O–H groups in total. The number of alkyl halides is 1. The molecule has 1 saturated heterocycles. The van der Waals surface area contributed by atoms with E-state index in [1.165, 1.54) is 0 Å². The van der Waals surface area contributed by atoms with Crippen molar-refractivity contribution in [3.63, 3.8) is 0 Å². The van der Waals surface area contributed by atoms with Crippen LogP contribution in [0.5, 0.6) is 0 Å². The molecule has 0 aliphatic carbocycles. The summed E-state index contributed by atoms with van der Waals surface area (Å²) in [6.07, 6.45) is 0.536. The highest BCUT2D eigenvalue weighted by Crippen LogP contribution is 2.30. The fourth-order valence-electron chi connectivity index (χ4n) is 2.27. The molecule has 0 bridgehead atoms. The summed E-state index contributed by atoms with van der Waals surface area (Å²) in [7, 11) is 0. The molecule has 0 radical (unpaired) electrons. The normalized spacial score (nSPS) is 20.0. The summed E-state index contributed by atoms with van der Waals surface area (Å²) >= 11 is 9.23. The molecule has 0 spiro atoms. The van der Waals surface area contributed by atoms with Crippen molar-refractivity contribution in [2.75, 3.05) is 17.3 Å². The van der Waals surface area contributed by atoms with Gasteiger partial charge in [0.25, 0.3) is 0 Å². The second kappa shape index (κ2) is 4.55. The van der Waals surface area contributed by atoms with Crippen molar-refractivity contribution < 1.29 is 4.79 Å². The minimum absolute atomic E-state index is 0.139. The van der Waals surface area contributed by atoms with Crippen molar-refractivity contribution in [3.8, 4) is 0 Å². The summed E-state index contributed by atoms with van der Waals surface area (Å²) < 4.78 is 0.833. The number of nitrogens with zero attached hydrogens (tertiary/aromatic N) is 2. The number of nitrogens with one attached hydrogen (secondary N) is 1. The summed E-state index contributed by atoms with van der Waals surface area (Å²) in [5, 5.41) is 7.99. The Morgan fingerprint density at radius 1 is 1.56 bits per heavy atom. The van der Waals surface area contributed by atoms with Gasteiger partial charge in [0, 0.05) is 29.9 Å². The van der Waals surface area contributed by atoms with Gasteiger partial charge in [0.15, 0.2) is 0 Å². The summed E-state index contributed by atoms with van der Waals surface area (Å²) in [4.78, 5) is 13.7. The number of rotatable bonds is 2. The molecule has 2 heterocycles. The van der Waals surface area contributed by atoms with Crippen LogP contribution in [0.2, 0.25) is 0 Å². The van der Waals surface area contributed by atoms with Gasteiger partial charge in [-0.1, -0.05) is 0 Å². The summed E-state index contributed by atoms with van der Waals surface area (Å²) in [5.41, 5.74) is 1.79. The Balaban J connectivity index is 1.99. The maximum Gasteiger partial charge on any atom is 0.227 e. The number of benzene rings is 1. The highest BCUT2D eigenvalue weighted by atomic mass is 79.9. The minimum atomic E-state index is 0.139. The molecule has 1 aromatic carbocycles. The van der Waals surface area contributed by atoms with Crippen LogP contribution < -0.4 is 4.90 Å². The summed E-state index contributed by atoms with van der Waals surface area (Å²) in [6.45, 7) is 0.698. The van der Waals surface area contributed by atoms with Crippen LogP contribution in [0.15, 0.2) is 22.8 Å². The Labute approximate surface area is 117 Å². The van der Waals surface area contributed by atoms with Crippen LogP contribution in [-0.2, 0) is 4.79 Å². The average Bonchev–Trinajstić information content (AvgIpc) is 2.93. The fourth-order valence-corrected chi connectivity index (χ4v) is 2.88. The molecule has 2 aromatic rings. The quantitative estimate of drug-likeness (QED) is 0.862. The molecule has 6 heteroatoms. The number of aromatic nitrogens is 2. The van der Waals surface area contributed by atoms with E-state index in [2.05, 4.69) is 26.1 Å². The number of H-pyrrole nitrogens is 1. The Kier molecular flexibility index (Phi) is 3.03. The van der Waals surface area contributed by atoms with Crippen LogP contribution in [0, 0.1) is 5.92 Å². The molecular formula is C12H11BrClN3O. The van der Waals surface area contributed by atoms with Crippen LogP contribution in [0.3, 0.4) is 0 Å². The number of hydrogen-bond donors (Lipinski definition) is 1. The van der Waals surface area contributed by atoms with Gasteiger partial charge < -0.3 is 4.90 Å². The smallest absolute Gasteiger partial charge is 0.227 e. The third-order valence-corrected chi connectivity index (χ3v) is 4.27. The van der Waals surface area contributed by atoms with E-state index < -0.39 is 0 Å². The Bertz CT molecular complexity index is 612. The van der Waals surface area contributed by atoms with Crippen LogP contribution in [0.4, 0.5) is 5.69 Å².